The molecule has 0 heterocycles. The Morgan fingerprint density at radius 1 is 0.905 bits per heavy atom. The zero-order valence-electron chi connectivity index (χ0n) is 14.4. The van der Waals surface area contributed by atoms with E-state index in [1.54, 1.807) is 12.0 Å². The molecule has 4 aliphatic carbocycles. The molecule has 4 rings (SSSR count). The minimum Gasteiger partial charge on any atom is -0.0993 e. The van der Waals surface area contributed by atoms with Crippen LogP contribution in [0.4, 0.5) is 0 Å². The fourth-order valence-corrected chi connectivity index (χ4v) is 7.64. The van der Waals surface area contributed by atoms with Crippen molar-refractivity contribution in [3.63, 3.8) is 0 Å². The average Bonchev–Trinajstić information content (AvgIpc) is 2.96. The van der Waals surface area contributed by atoms with Crippen molar-refractivity contribution in [2.45, 2.75) is 65.7 Å². The lowest BCUT2D eigenvalue weighted by atomic mass is 9.57. The van der Waals surface area contributed by atoms with Gasteiger partial charge in [-0.25, -0.2) is 0 Å². The summed E-state index contributed by atoms with van der Waals surface area (Å²) in [6.45, 7) is 12.2. The standard InChI is InChI=1S/C21H34/c1-5-15-10-18-19-11-16-8-6-7-9-17(16)13(3)21(19)14(4)20(18)12(15)2/h12-13,15-21H,4-11H2,1-3H3/t12?,13-,15?,16-,17+,18?,19?,20?,21?/m0/s1. The molecule has 9 atom stereocenters. The van der Waals surface area contributed by atoms with Crippen LogP contribution in [0, 0.1) is 53.3 Å². The number of allylic oxidation sites excluding steroid dienone is 1. The zero-order valence-corrected chi connectivity index (χ0v) is 14.4. The van der Waals surface area contributed by atoms with E-state index in [-0.39, 0.29) is 0 Å². The minimum atomic E-state index is 0.882. The first-order valence-electron chi connectivity index (χ1n) is 9.82. The first kappa shape index (κ1) is 14.3. The number of rotatable bonds is 1. The predicted octanol–water partition coefficient (Wildman–Crippen LogP) is 5.93. The Morgan fingerprint density at radius 3 is 2.33 bits per heavy atom. The minimum absolute atomic E-state index is 0.882. The van der Waals surface area contributed by atoms with Gasteiger partial charge in [0.25, 0.3) is 0 Å². The van der Waals surface area contributed by atoms with Crippen LogP contribution < -0.4 is 0 Å². The highest BCUT2D eigenvalue weighted by atomic mass is 14.6. The van der Waals surface area contributed by atoms with E-state index >= 15 is 0 Å². The third kappa shape index (κ3) is 1.93. The molecular weight excluding hydrogens is 252 g/mol. The lowest BCUT2D eigenvalue weighted by Crippen LogP contribution is -2.40. The first-order valence-corrected chi connectivity index (χ1v) is 9.82. The molecule has 0 bridgehead atoms. The molecular formula is C21H34. The molecule has 0 aromatic rings. The van der Waals surface area contributed by atoms with Crippen molar-refractivity contribution < 1.29 is 0 Å². The molecule has 0 amide bonds. The second-order valence-corrected chi connectivity index (χ2v) is 9.02. The SMILES string of the molecule is C=C1C2C(C)C(CC)CC2C2C[C@@H]3CCCC[C@@H]3[C@H](C)C12. The van der Waals surface area contributed by atoms with Gasteiger partial charge in [-0.1, -0.05) is 58.6 Å². The highest BCUT2D eigenvalue weighted by Gasteiger charge is 2.58. The normalized spacial score (nSPS) is 56.0. The Bertz CT molecular complexity index is 422. The summed E-state index contributed by atoms with van der Waals surface area (Å²) in [5.41, 5.74) is 1.70. The van der Waals surface area contributed by atoms with E-state index in [2.05, 4.69) is 27.4 Å². The van der Waals surface area contributed by atoms with E-state index in [9.17, 15) is 0 Å². The molecule has 4 fully saturated rings. The van der Waals surface area contributed by atoms with E-state index in [0.717, 1.165) is 53.3 Å². The van der Waals surface area contributed by atoms with E-state index < -0.39 is 0 Å². The van der Waals surface area contributed by atoms with Crippen LogP contribution >= 0.6 is 0 Å². The summed E-state index contributed by atoms with van der Waals surface area (Å²) >= 11 is 0. The van der Waals surface area contributed by atoms with Gasteiger partial charge in [-0.05, 0) is 72.5 Å². The second kappa shape index (κ2) is 5.14. The number of fused-ring (bicyclic) bond motifs is 4. The van der Waals surface area contributed by atoms with Gasteiger partial charge in [-0.3, -0.25) is 0 Å². The summed E-state index contributed by atoms with van der Waals surface area (Å²) in [5.74, 6) is 8.71. The van der Waals surface area contributed by atoms with Gasteiger partial charge in [0.2, 0.25) is 0 Å². The molecule has 0 aromatic heterocycles. The summed E-state index contributed by atoms with van der Waals surface area (Å²) in [7, 11) is 0. The van der Waals surface area contributed by atoms with Gasteiger partial charge in [-0.2, -0.15) is 0 Å². The summed E-state index contributed by atoms with van der Waals surface area (Å²) in [6, 6.07) is 0. The average molecular weight is 287 g/mol. The van der Waals surface area contributed by atoms with Crippen LogP contribution in [-0.2, 0) is 0 Å². The van der Waals surface area contributed by atoms with Crippen LogP contribution in [0.1, 0.15) is 65.7 Å². The molecule has 0 radical (unpaired) electrons. The maximum atomic E-state index is 4.69. The summed E-state index contributed by atoms with van der Waals surface area (Å²) in [4.78, 5) is 0. The van der Waals surface area contributed by atoms with Gasteiger partial charge in [0.05, 0.1) is 0 Å². The van der Waals surface area contributed by atoms with Crippen molar-refractivity contribution in [3.8, 4) is 0 Å². The van der Waals surface area contributed by atoms with Crippen molar-refractivity contribution >= 4 is 0 Å². The Labute approximate surface area is 131 Å². The van der Waals surface area contributed by atoms with Gasteiger partial charge in [0.1, 0.15) is 0 Å². The third-order valence-electron chi connectivity index (χ3n) is 8.52. The zero-order chi connectivity index (χ0) is 14.7. The van der Waals surface area contributed by atoms with E-state index in [4.69, 9.17) is 0 Å². The molecule has 6 unspecified atom stereocenters. The summed E-state index contributed by atoms with van der Waals surface area (Å²) in [6.07, 6.45) is 10.5. The molecule has 0 spiro atoms. The maximum absolute atomic E-state index is 4.69. The molecule has 0 nitrogen and oxygen atoms in total. The van der Waals surface area contributed by atoms with E-state index in [0.29, 0.717) is 0 Å². The molecule has 118 valence electrons. The highest BCUT2D eigenvalue weighted by molar-refractivity contribution is 5.24. The Morgan fingerprint density at radius 2 is 1.57 bits per heavy atom. The molecule has 0 heteroatoms. The van der Waals surface area contributed by atoms with Crippen LogP contribution in [0.25, 0.3) is 0 Å². The van der Waals surface area contributed by atoms with Crippen LogP contribution in [0.15, 0.2) is 12.2 Å². The molecule has 0 aromatic carbocycles. The first-order chi connectivity index (χ1) is 10.1. The van der Waals surface area contributed by atoms with E-state index in [1.807, 2.05) is 0 Å². The molecule has 4 saturated carbocycles. The third-order valence-corrected chi connectivity index (χ3v) is 8.52. The fraction of sp³-hybridized carbons (Fsp3) is 0.905. The molecule has 0 N–H and O–H groups in total. The van der Waals surface area contributed by atoms with Crippen molar-refractivity contribution in [1.29, 1.82) is 0 Å². The molecule has 0 aliphatic heterocycles. The summed E-state index contributed by atoms with van der Waals surface area (Å²) < 4.78 is 0. The quantitative estimate of drug-likeness (QED) is 0.524. The number of hydrogen-bond acceptors (Lipinski definition) is 0. The molecule has 21 heavy (non-hydrogen) atoms. The highest BCUT2D eigenvalue weighted by Crippen LogP contribution is 2.65. The lowest BCUT2D eigenvalue weighted by Gasteiger charge is -2.48. The Hall–Kier alpha value is -0.260. The monoisotopic (exact) mass is 286 g/mol. The fourth-order valence-electron chi connectivity index (χ4n) is 7.64. The van der Waals surface area contributed by atoms with Gasteiger partial charge in [-0.15, -0.1) is 0 Å². The second-order valence-electron chi connectivity index (χ2n) is 9.02. The predicted molar refractivity (Wildman–Crippen MR) is 89.9 cm³/mol. The Balaban J connectivity index is 1.63. The van der Waals surface area contributed by atoms with Crippen molar-refractivity contribution in [3.05, 3.63) is 12.2 Å². The van der Waals surface area contributed by atoms with Crippen LogP contribution in [-0.4, -0.2) is 0 Å². The topological polar surface area (TPSA) is 0 Å². The van der Waals surface area contributed by atoms with Gasteiger partial charge >= 0.3 is 0 Å². The van der Waals surface area contributed by atoms with Crippen molar-refractivity contribution in [2.75, 3.05) is 0 Å². The van der Waals surface area contributed by atoms with Crippen LogP contribution in [0.3, 0.4) is 0 Å². The lowest BCUT2D eigenvalue weighted by molar-refractivity contribution is 0.0300. The van der Waals surface area contributed by atoms with Gasteiger partial charge < -0.3 is 0 Å². The van der Waals surface area contributed by atoms with E-state index in [1.165, 1.54) is 38.5 Å². The van der Waals surface area contributed by atoms with Crippen molar-refractivity contribution in [2.24, 2.45) is 53.3 Å². The largest absolute Gasteiger partial charge is 0.0993 e. The van der Waals surface area contributed by atoms with Crippen molar-refractivity contribution in [1.82, 2.24) is 0 Å². The van der Waals surface area contributed by atoms with Crippen LogP contribution in [0.5, 0.6) is 0 Å². The molecule has 0 saturated heterocycles. The van der Waals surface area contributed by atoms with Gasteiger partial charge in [0.15, 0.2) is 0 Å². The van der Waals surface area contributed by atoms with Crippen LogP contribution in [0.2, 0.25) is 0 Å². The summed E-state index contributed by atoms with van der Waals surface area (Å²) in [5, 5.41) is 0. The van der Waals surface area contributed by atoms with Gasteiger partial charge in [0, 0.05) is 0 Å². The smallest absolute Gasteiger partial charge is 0.0143 e. The molecule has 4 aliphatic rings. The number of hydrogen-bond donors (Lipinski definition) is 0. The maximum Gasteiger partial charge on any atom is -0.0143 e. The Kier molecular flexibility index (Phi) is 3.51.